The van der Waals surface area contributed by atoms with Gasteiger partial charge >= 0.3 is 12.1 Å². The van der Waals surface area contributed by atoms with Gasteiger partial charge in [-0.25, -0.2) is 8.78 Å². The molecule has 1 fully saturated rings. The highest BCUT2D eigenvalue weighted by atomic mass is 19.4. The maximum atomic E-state index is 14.8. The van der Waals surface area contributed by atoms with Crippen molar-refractivity contribution in [3.05, 3.63) is 71.3 Å². The Kier molecular flexibility index (Phi) is 6.11. The van der Waals surface area contributed by atoms with Crippen molar-refractivity contribution in [3.8, 4) is 11.1 Å². The normalized spacial score (nSPS) is 20.7. The number of nitrogens with zero attached hydrogens (tertiary/aromatic N) is 3. The highest BCUT2D eigenvalue weighted by Crippen LogP contribution is 2.47. The van der Waals surface area contributed by atoms with Crippen LogP contribution >= 0.6 is 0 Å². The first-order valence-electron chi connectivity index (χ1n) is 11.3. The molecule has 7 nitrogen and oxygen atoms in total. The summed E-state index contributed by atoms with van der Waals surface area (Å²) < 4.78 is 73.7. The van der Waals surface area contributed by atoms with Gasteiger partial charge in [0.25, 0.3) is 5.91 Å². The number of aromatic nitrogens is 2. The molecule has 4 heterocycles. The molecule has 12 heteroatoms. The second-order valence-electron chi connectivity index (χ2n) is 8.90. The molecule has 3 aromatic rings. The summed E-state index contributed by atoms with van der Waals surface area (Å²) in [7, 11) is 0. The summed E-state index contributed by atoms with van der Waals surface area (Å²) in [5, 5.41) is 12.9. The first-order valence-corrected chi connectivity index (χ1v) is 11.3. The molecule has 37 heavy (non-hydrogen) atoms. The van der Waals surface area contributed by atoms with Crippen LogP contribution in [-0.4, -0.2) is 52.7 Å². The molecule has 0 spiro atoms. The molecular weight excluding hydrogens is 499 g/mol. The summed E-state index contributed by atoms with van der Waals surface area (Å²) in [6.07, 6.45) is -4.50. The number of nitrogens with one attached hydrogen (secondary N) is 1. The van der Waals surface area contributed by atoms with Crippen LogP contribution in [0.15, 0.2) is 48.8 Å². The molecule has 2 N–H and O–H groups in total. The minimum atomic E-state index is -4.69. The Bertz CT molecular complexity index is 1360. The second-order valence-corrected chi connectivity index (χ2v) is 8.90. The van der Waals surface area contributed by atoms with E-state index in [-0.39, 0.29) is 31.0 Å². The van der Waals surface area contributed by atoms with Gasteiger partial charge in [-0.3, -0.25) is 14.8 Å². The van der Waals surface area contributed by atoms with Crippen LogP contribution in [0.3, 0.4) is 0 Å². The topological polar surface area (TPSA) is 87.6 Å². The third kappa shape index (κ3) is 4.51. The Morgan fingerprint density at radius 3 is 2.73 bits per heavy atom. The maximum Gasteiger partial charge on any atom is 0.433 e. The Morgan fingerprint density at radius 1 is 1.19 bits per heavy atom. The van der Waals surface area contributed by atoms with Gasteiger partial charge in [0.2, 0.25) is 0 Å². The number of pyridine rings is 2. The van der Waals surface area contributed by atoms with Crippen molar-refractivity contribution < 1.29 is 36.6 Å². The Balaban J connectivity index is 1.47. The van der Waals surface area contributed by atoms with Gasteiger partial charge in [-0.15, -0.1) is 0 Å². The van der Waals surface area contributed by atoms with E-state index in [2.05, 4.69) is 15.3 Å². The van der Waals surface area contributed by atoms with Crippen LogP contribution in [0.4, 0.5) is 33.3 Å². The molecule has 2 aliphatic rings. The van der Waals surface area contributed by atoms with Crippen molar-refractivity contribution >= 4 is 17.3 Å². The summed E-state index contributed by atoms with van der Waals surface area (Å²) in [4.78, 5) is 21.5. The van der Waals surface area contributed by atoms with E-state index in [1.54, 1.807) is 31.2 Å². The maximum absolute atomic E-state index is 14.8. The van der Waals surface area contributed by atoms with Crippen molar-refractivity contribution in [1.82, 2.24) is 9.97 Å². The number of morpholine rings is 1. The van der Waals surface area contributed by atoms with Crippen molar-refractivity contribution in [2.75, 3.05) is 30.0 Å². The van der Waals surface area contributed by atoms with Gasteiger partial charge in [-0.05, 0) is 48.4 Å². The molecule has 0 saturated carbocycles. The molecule has 1 amide bonds. The zero-order valence-electron chi connectivity index (χ0n) is 19.4. The fourth-order valence-corrected chi connectivity index (χ4v) is 4.57. The van der Waals surface area contributed by atoms with Crippen LogP contribution in [0.25, 0.3) is 11.1 Å². The number of aliphatic hydroxyl groups excluding tert-OH is 1. The molecule has 0 unspecified atom stereocenters. The fraction of sp³-hybridized carbons (Fsp3) is 0.320. The summed E-state index contributed by atoms with van der Waals surface area (Å²) in [6.45, 7) is 2.02. The van der Waals surface area contributed by atoms with Gasteiger partial charge in [0.05, 0.1) is 24.6 Å². The Morgan fingerprint density at radius 2 is 1.97 bits per heavy atom. The number of ether oxygens (including phenoxy) is 1. The van der Waals surface area contributed by atoms with Crippen LogP contribution in [0, 0.1) is 6.92 Å². The molecule has 2 aromatic heterocycles. The predicted octanol–water partition coefficient (Wildman–Crippen LogP) is 4.61. The molecule has 0 bridgehead atoms. The lowest BCUT2D eigenvalue weighted by molar-refractivity contribution is -0.153. The van der Waals surface area contributed by atoms with Gasteiger partial charge in [0, 0.05) is 35.8 Å². The number of fused-ring (bicyclic) bond motifs is 3. The van der Waals surface area contributed by atoms with Crippen LogP contribution in [0.5, 0.6) is 0 Å². The number of amides is 1. The molecule has 5 rings (SSSR count). The number of hydrogen-bond acceptors (Lipinski definition) is 6. The number of aliphatic hydroxyl groups is 1. The average Bonchev–Trinajstić information content (AvgIpc) is 2.88. The van der Waals surface area contributed by atoms with Crippen molar-refractivity contribution in [2.45, 2.75) is 31.2 Å². The standard InChI is InChI=1S/C25H21F5N4O3/c1-13-2-3-16(33-23(36)14-4-5-31-19(9-14)25(28,29)30)10-17(13)15-8-18-21(32-11-15)22(35)24(26,27)20-12-37-7-6-34(18)20/h2-5,8-11,20,22,35H,6-7,12H2,1H3,(H,33,36)/t20-,22-/m1/s1. The van der Waals surface area contributed by atoms with Gasteiger partial charge < -0.3 is 20.1 Å². The van der Waals surface area contributed by atoms with E-state index < -0.39 is 35.8 Å². The lowest BCUT2D eigenvalue weighted by atomic mass is 9.91. The number of carbonyl (C=O) groups excluding carboxylic acids is 1. The van der Waals surface area contributed by atoms with E-state index in [9.17, 15) is 31.9 Å². The molecular formula is C25H21F5N4O3. The Hall–Kier alpha value is -3.64. The van der Waals surface area contributed by atoms with Crippen LogP contribution < -0.4 is 10.2 Å². The summed E-state index contributed by atoms with van der Waals surface area (Å²) in [5.74, 6) is -4.20. The second kappa shape index (κ2) is 9.03. The molecule has 1 saturated heterocycles. The fourth-order valence-electron chi connectivity index (χ4n) is 4.57. The van der Waals surface area contributed by atoms with Crippen molar-refractivity contribution in [2.24, 2.45) is 0 Å². The number of benzene rings is 1. The lowest BCUT2D eigenvalue weighted by Crippen LogP contribution is -2.60. The molecule has 0 aliphatic carbocycles. The number of carbonyl (C=O) groups is 1. The number of aryl methyl sites for hydroxylation is 1. The van der Waals surface area contributed by atoms with Crippen molar-refractivity contribution in [3.63, 3.8) is 0 Å². The van der Waals surface area contributed by atoms with E-state index in [1.807, 2.05) is 0 Å². The zero-order valence-corrected chi connectivity index (χ0v) is 19.4. The van der Waals surface area contributed by atoms with Crippen LogP contribution in [-0.2, 0) is 10.9 Å². The number of rotatable bonds is 3. The monoisotopic (exact) mass is 520 g/mol. The van der Waals surface area contributed by atoms with E-state index >= 15 is 0 Å². The molecule has 2 aliphatic heterocycles. The third-order valence-corrected chi connectivity index (χ3v) is 6.52. The van der Waals surface area contributed by atoms with Gasteiger partial charge in [0.15, 0.2) is 6.10 Å². The van der Waals surface area contributed by atoms with Crippen LogP contribution in [0.2, 0.25) is 0 Å². The van der Waals surface area contributed by atoms with E-state index in [4.69, 9.17) is 4.74 Å². The highest BCUT2D eigenvalue weighted by molar-refractivity contribution is 6.04. The minimum absolute atomic E-state index is 0.132. The molecule has 0 radical (unpaired) electrons. The summed E-state index contributed by atoms with van der Waals surface area (Å²) in [6, 6.07) is 7.08. The molecule has 1 aromatic carbocycles. The van der Waals surface area contributed by atoms with Gasteiger partial charge in [0.1, 0.15) is 11.7 Å². The molecule has 2 atom stereocenters. The number of halogens is 5. The number of hydrogen-bond donors (Lipinski definition) is 2. The first-order chi connectivity index (χ1) is 17.5. The van der Waals surface area contributed by atoms with E-state index in [0.29, 0.717) is 28.6 Å². The predicted molar refractivity (Wildman–Crippen MR) is 123 cm³/mol. The first kappa shape index (κ1) is 25.0. The highest BCUT2D eigenvalue weighted by Gasteiger charge is 2.56. The van der Waals surface area contributed by atoms with E-state index in [1.165, 1.54) is 17.2 Å². The van der Waals surface area contributed by atoms with Crippen molar-refractivity contribution in [1.29, 1.82) is 0 Å². The number of anilines is 2. The summed E-state index contributed by atoms with van der Waals surface area (Å²) >= 11 is 0. The average molecular weight is 520 g/mol. The quantitative estimate of drug-likeness (QED) is 0.491. The smallest absolute Gasteiger partial charge is 0.380 e. The van der Waals surface area contributed by atoms with E-state index in [0.717, 1.165) is 11.8 Å². The van der Waals surface area contributed by atoms with Gasteiger partial charge in [-0.2, -0.15) is 13.2 Å². The SMILES string of the molecule is Cc1ccc(NC(=O)c2ccnc(C(F)(F)F)c2)cc1-c1cnc2c(c1)N1CCOC[C@@H]1C(F)(F)[C@@H]2O. The minimum Gasteiger partial charge on any atom is -0.380 e. The zero-order chi connectivity index (χ0) is 26.5. The van der Waals surface area contributed by atoms with Gasteiger partial charge in [-0.1, -0.05) is 6.07 Å². The lowest BCUT2D eigenvalue weighted by Gasteiger charge is -2.47. The van der Waals surface area contributed by atoms with Crippen LogP contribution in [0.1, 0.15) is 33.4 Å². The Labute approximate surface area is 207 Å². The summed E-state index contributed by atoms with van der Waals surface area (Å²) in [5.41, 5.74) is 1.11. The third-order valence-electron chi connectivity index (χ3n) is 6.52. The number of alkyl halides is 5. The largest absolute Gasteiger partial charge is 0.433 e. The molecule has 194 valence electrons.